The second-order valence-corrected chi connectivity index (χ2v) is 6.26. The van der Waals surface area contributed by atoms with Crippen LogP contribution in [-0.4, -0.2) is 17.3 Å². The third kappa shape index (κ3) is 5.17. The van der Waals surface area contributed by atoms with E-state index >= 15 is 0 Å². The summed E-state index contributed by atoms with van der Waals surface area (Å²) in [5.74, 6) is -0.157. The van der Waals surface area contributed by atoms with Crippen LogP contribution in [0.2, 0.25) is 0 Å². The molecule has 0 saturated heterocycles. The molecule has 1 amide bonds. The Hall–Kier alpha value is -3.67. The molecular formula is C22H22N4O2. The molecule has 28 heavy (non-hydrogen) atoms. The summed E-state index contributed by atoms with van der Waals surface area (Å²) in [6.07, 6.45) is 1.97. The Bertz CT molecular complexity index is 909. The average Bonchev–Trinajstić information content (AvgIpc) is 3.26. The first-order valence-corrected chi connectivity index (χ1v) is 8.95. The molecule has 6 nitrogen and oxygen atoms in total. The van der Waals surface area contributed by atoms with Gasteiger partial charge in [-0.25, -0.2) is 10.4 Å². The molecule has 1 heterocycles. The molecule has 6 heteroatoms. The number of rotatable bonds is 7. The highest BCUT2D eigenvalue weighted by molar-refractivity contribution is 6.03. The molecular weight excluding hydrogens is 352 g/mol. The Morgan fingerprint density at radius 1 is 0.893 bits per heavy atom. The molecule has 3 aromatic rings. The van der Waals surface area contributed by atoms with Crippen molar-refractivity contribution in [3.8, 4) is 0 Å². The predicted molar refractivity (Wildman–Crippen MR) is 112 cm³/mol. The fraction of sp³-hybridized carbons (Fsp3) is 0.136. The molecule has 0 unspecified atom stereocenters. The summed E-state index contributed by atoms with van der Waals surface area (Å²) in [7, 11) is 0. The van der Waals surface area contributed by atoms with Gasteiger partial charge in [0, 0.05) is 17.8 Å². The Morgan fingerprint density at radius 2 is 1.50 bits per heavy atom. The topological polar surface area (TPSA) is 70.2 Å². The Balaban J connectivity index is 1.73. The molecule has 0 saturated carbocycles. The van der Waals surface area contributed by atoms with Gasteiger partial charge < -0.3 is 4.42 Å². The van der Waals surface area contributed by atoms with Gasteiger partial charge >= 0.3 is 5.91 Å². The maximum Gasteiger partial charge on any atom is 0.307 e. The Kier molecular flexibility index (Phi) is 6.36. The highest BCUT2D eigenvalue weighted by atomic mass is 16.3. The van der Waals surface area contributed by atoms with Crippen molar-refractivity contribution in [2.45, 2.75) is 20.3 Å². The van der Waals surface area contributed by atoms with Crippen molar-refractivity contribution in [1.29, 1.82) is 0 Å². The highest BCUT2D eigenvalue weighted by Gasteiger charge is 2.10. The SMILES string of the molecule is C/C(C/C(C)=N/N(c1ccccc1)c1ccccc1)=N\NC(=O)c1ccco1. The van der Waals surface area contributed by atoms with E-state index in [0.717, 1.165) is 22.8 Å². The molecule has 0 fully saturated rings. The number of carbonyl (C=O) groups is 1. The number of nitrogens with zero attached hydrogens (tertiary/aromatic N) is 3. The summed E-state index contributed by atoms with van der Waals surface area (Å²) in [6.45, 7) is 3.78. The van der Waals surface area contributed by atoms with Gasteiger partial charge in [-0.05, 0) is 50.2 Å². The smallest absolute Gasteiger partial charge is 0.307 e. The lowest BCUT2D eigenvalue weighted by molar-refractivity contribution is 0.0927. The summed E-state index contributed by atoms with van der Waals surface area (Å²) in [4.78, 5) is 11.9. The molecule has 1 aromatic heterocycles. The standard InChI is InChI=1S/C22H22N4O2/c1-17(23-24-22(27)21-14-9-15-28-21)16-18(2)25-26(19-10-5-3-6-11-19)20-12-7-4-8-13-20/h3-15H,16H2,1-2H3,(H,24,27)/b23-17+,25-18+. The Morgan fingerprint density at radius 3 is 2.04 bits per heavy atom. The summed E-state index contributed by atoms with van der Waals surface area (Å²) in [5, 5.41) is 10.8. The second-order valence-electron chi connectivity index (χ2n) is 6.26. The van der Waals surface area contributed by atoms with Crippen LogP contribution in [-0.2, 0) is 0 Å². The van der Waals surface area contributed by atoms with Gasteiger partial charge in [-0.15, -0.1) is 0 Å². The lowest BCUT2D eigenvalue weighted by Gasteiger charge is -2.20. The number of anilines is 2. The fourth-order valence-electron chi connectivity index (χ4n) is 2.63. The number of carbonyl (C=O) groups excluding carboxylic acids is 1. The molecule has 2 aromatic carbocycles. The van der Waals surface area contributed by atoms with Gasteiger partial charge in [0.25, 0.3) is 0 Å². The molecule has 0 atom stereocenters. The van der Waals surface area contributed by atoms with Gasteiger partial charge in [0.1, 0.15) is 0 Å². The molecule has 1 N–H and O–H groups in total. The lowest BCUT2D eigenvalue weighted by atomic mass is 10.2. The van der Waals surface area contributed by atoms with E-state index in [0.29, 0.717) is 6.42 Å². The second kappa shape index (κ2) is 9.32. The van der Waals surface area contributed by atoms with Crippen LogP contribution in [0.1, 0.15) is 30.8 Å². The summed E-state index contributed by atoms with van der Waals surface area (Å²) >= 11 is 0. The molecule has 0 spiro atoms. The van der Waals surface area contributed by atoms with Crippen molar-refractivity contribution in [3.05, 3.63) is 84.8 Å². The van der Waals surface area contributed by atoms with Gasteiger partial charge in [0.05, 0.1) is 17.6 Å². The van der Waals surface area contributed by atoms with E-state index in [1.165, 1.54) is 6.26 Å². The van der Waals surface area contributed by atoms with E-state index in [4.69, 9.17) is 9.52 Å². The number of hydrogen-bond donors (Lipinski definition) is 1. The number of hydrogen-bond acceptors (Lipinski definition) is 5. The zero-order valence-electron chi connectivity index (χ0n) is 15.9. The molecule has 142 valence electrons. The van der Waals surface area contributed by atoms with Crippen LogP contribution in [0.4, 0.5) is 11.4 Å². The van der Waals surface area contributed by atoms with Crippen LogP contribution in [0.15, 0.2) is 93.7 Å². The third-order valence-corrected chi connectivity index (χ3v) is 3.88. The highest BCUT2D eigenvalue weighted by Crippen LogP contribution is 2.25. The number of amides is 1. The number of benzene rings is 2. The quantitative estimate of drug-likeness (QED) is 0.468. The lowest BCUT2D eigenvalue weighted by Crippen LogP contribution is -2.19. The number of hydrazone groups is 2. The molecule has 0 radical (unpaired) electrons. The van der Waals surface area contributed by atoms with Crippen molar-refractivity contribution in [2.75, 3.05) is 5.01 Å². The molecule has 0 aliphatic carbocycles. The molecule has 3 rings (SSSR count). The maximum absolute atomic E-state index is 11.9. The number of nitrogens with one attached hydrogen (secondary N) is 1. The zero-order chi connectivity index (χ0) is 19.8. The van der Waals surface area contributed by atoms with Crippen molar-refractivity contribution in [3.63, 3.8) is 0 Å². The summed E-state index contributed by atoms with van der Waals surface area (Å²) in [6, 6.07) is 23.1. The van der Waals surface area contributed by atoms with E-state index in [-0.39, 0.29) is 11.7 Å². The minimum atomic E-state index is -0.380. The van der Waals surface area contributed by atoms with Crippen LogP contribution in [0.5, 0.6) is 0 Å². The van der Waals surface area contributed by atoms with Crippen LogP contribution in [0.3, 0.4) is 0 Å². The van der Waals surface area contributed by atoms with Crippen molar-refractivity contribution < 1.29 is 9.21 Å². The number of furan rings is 1. The van der Waals surface area contributed by atoms with Crippen LogP contribution < -0.4 is 10.4 Å². The number of para-hydroxylation sites is 2. The first kappa shape index (κ1) is 19.1. The molecule has 0 aliphatic rings. The van der Waals surface area contributed by atoms with E-state index in [1.54, 1.807) is 12.1 Å². The van der Waals surface area contributed by atoms with Gasteiger partial charge in [0.2, 0.25) is 0 Å². The fourth-order valence-corrected chi connectivity index (χ4v) is 2.63. The minimum absolute atomic E-state index is 0.223. The Labute approximate surface area is 164 Å². The van der Waals surface area contributed by atoms with Gasteiger partial charge in [-0.3, -0.25) is 4.79 Å². The summed E-state index contributed by atoms with van der Waals surface area (Å²) < 4.78 is 5.05. The van der Waals surface area contributed by atoms with E-state index in [1.807, 2.05) is 79.5 Å². The predicted octanol–water partition coefficient (Wildman–Crippen LogP) is 4.99. The van der Waals surface area contributed by atoms with E-state index in [2.05, 4.69) is 10.5 Å². The summed E-state index contributed by atoms with van der Waals surface area (Å²) in [5.41, 5.74) is 6.03. The van der Waals surface area contributed by atoms with E-state index < -0.39 is 0 Å². The van der Waals surface area contributed by atoms with Crippen molar-refractivity contribution in [2.24, 2.45) is 10.2 Å². The maximum atomic E-state index is 11.9. The van der Waals surface area contributed by atoms with Gasteiger partial charge in [-0.1, -0.05) is 36.4 Å². The monoisotopic (exact) mass is 374 g/mol. The first-order chi connectivity index (χ1) is 13.6. The minimum Gasteiger partial charge on any atom is -0.459 e. The molecule has 0 aliphatic heterocycles. The van der Waals surface area contributed by atoms with E-state index in [9.17, 15) is 4.79 Å². The average molecular weight is 374 g/mol. The normalized spacial score (nSPS) is 11.9. The van der Waals surface area contributed by atoms with Crippen LogP contribution >= 0.6 is 0 Å². The zero-order valence-corrected chi connectivity index (χ0v) is 15.9. The van der Waals surface area contributed by atoms with Crippen LogP contribution in [0, 0.1) is 0 Å². The first-order valence-electron chi connectivity index (χ1n) is 8.95. The largest absolute Gasteiger partial charge is 0.459 e. The van der Waals surface area contributed by atoms with Gasteiger partial charge in [0.15, 0.2) is 5.76 Å². The third-order valence-electron chi connectivity index (χ3n) is 3.88. The van der Waals surface area contributed by atoms with Crippen molar-refractivity contribution >= 4 is 28.7 Å². The van der Waals surface area contributed by atoms with Crippen LogP contribution in [0.25, 0.3) is 0 Å². The van der Waals surface area contributed by atoms with Gasteiger partial charge in [-0.2, -0.15) is 10.2 Å². The molecule has 0 bridgehead atoms. The van der Waals surface area contributed by atoms with Crippen molar-refractivity contribution in [1.82, 2.24) is 5.43 Å².